The van der Waals surface area contributed by atoms with Crippen LogP contribution >= 0.6 is 35.2 Å². The molecule has 0 aromatic carbocycles. The van der Waals surface area contributed by atoms with Crippen molar-refractivity contribution in [3.63, 3.8) is 0 Å². The number of nitrogen functional groups attached to an aromatic ring is 1. The fraction of sp³-hybridized carbons (Fsp3) is 0.654. The highest BCUT2D eigenvalue weighted by molar-refractivity contribution is 8.13. The van der Waals surface area contributed by atoms with Crippen molar-refractivity contribution in [2.75, 3.05) is 37.8 Å². The number of hydrogen-bond donors (Lipinski definition) is 9. The van der Waals surface area contributed by atoms with Crippen LogP contribution in [0.2, 0.25) is 0 Å². The molecule has 312 valence electrons. The number of ether oxygens (including phenoxy) is 1. The Labute approximate surface area is 317 Å². The first kappa shape index (κ1) is 48.4. The fourth-order valence-electron chi connectivity index (χ4n) is 4.32. The van der Waals surface area contributed by atoms with Crippen molar-refractivity contribution < 1.29 is 85.3 Å². The molecule has 0 saturated carbocycles. The van der Waals surface area contributed by atoms with Crippen molar-refractivity contribution in [1.82, 2.24) is 30.2 Å². The summed E-state index contributed by atoms with van der Waals surface area (Å²) < 4.78 is 61.8. The maximum Gasteiger partial charge on any atom is 0.481 e. The molecule has 3 unspecified atom stereocenters. The Morgan fingerprint density at radius 1 is 1.02 bits per heavy atom. The van der Waals surface area contributed by atoms with E-state index in [2.05, 4.69) is 34.4 Å². The number of nitrogens with two attached hydrogens (primary N) is 1. The lowest BCUT2D eigenvalue weighted by Gasteiger charge is -2.30. The Morgan fingerprint density at radius 2 is 1.64 bits per heavy atom. The highest BCUT2D eigenvalue weighted by Crippen LogP contribution is 2.61. The number of nitrogens with one attached hydrogen (secondary N) is 2. The molecule has 3 heterocycles. The van der Waals surface area contributed by atoms with E-state index in [1.165, 1.54) is 34.6 Å². The summed E-state index contributed by atoms with van der Waals surface area (Å²) in [6.45, 7) is 4.96. The van der Waals surface area contributed by atoms with Gasteiger partial charge in [0.2, 0.25) is 11.8 Å². The molecule has 1 aliphatic heterocycles. The third-order valence-corrected chi connectivity index (χ3v) is 10.7. The van der Waals surface area contributed by atoms with E-state index in [0.717, 1.165) is 29.0 Å². The molecule has 29 heteroatoms. The molecular weight excluding hydrogens is 823 g/mol. The first-order valence-corrected chi connectivity index (χ1v) is 21.3. The number of fused-ring (bicyclic) bond motifs is 1. The number of ketones is 1. The van der Waals surface area contributed by atoms with Crippen molar-refractivity contribution in [3.05, 3.63) is 12.7 Å². The van der Waals surface area contributed by atoms with E-state index >= 15 is 0 Å². The van der Waals surface area contributed by atoms with Gasteiger partial charge in [-0.15, -0.1) is 0 Å². The number of aliphatic hydroxyl groups is 2. The standard InChI is InChI=1S/C23H38N7O17P3S.C3H6O/c1-12(31)51-7-6-25-14(32)4-5-26-21(35)18(34)23(2,3)9-44-50(41,42)47-49(39,40)43-8-13-17(46-48(36,37)38)16(33)22(45-13)30-11-29-15-19(24)27-10-28-20(15)30;1-3(2)4/h10-11,13,16-18,22,33-34H,4-9H2,1-3H3,(H,25,32)(H,26,35)(H,39,40)(H,41,42)(H2,24,27,28)(H2,36,37,38);1-2H3/t13-,16-,17-,18?,22-;/m1./s1. The normalized spacial score (nSPS) is 21.4. The Balaban J connectivity index is 0.00000248. The lowest BCUT2D eigenvalue weighted by atomic mass is 9.87. The van der Waals surface area contributed by atoms with Gasteiger partial charge in [-0.3, -0.25) is 32.5 Å². The van der Waals surface area contributed by atoms with Gasteiger partial charge in [0.25, 0.3) is 0 Å². The second-order valence-corrected chi connectivity index (χ2v) is 17.8. The number of amides is 2. The number of imidazole rings is 1. The third kappa shape index (κ3) is 16.3. The molecule has 1 aliphatic rings. The van der Waals surface area contributed by atoms with Gasteiger partial charge in [-0.25, -0.2) is 28.6 Å². The topological polar surface area (TPSA) is 381 Å². The number of carbonyl (C=O) groups excluding carboxylic acids is 4. The number of phosphoric ester groups is 3. The second kappa shape index (κ2) is 20.6. The van der Waals surface area contributed by atoms with E-state index in [1.807, 2.05) is 0 Å². The maximum absolute atomic E-state index is 12.6. The first-order chi connectivity index (χ1) is 25.2. The van der Waals surface area contributed by atoms with Gasteiger partial charge in [-0.05, 0) is 13.8 Å². The summed E-state index contributed by atoms with van der Waals surface area (Å²) >= 11 is 1.03. The highest BCUT2D eigenvalue weighted by atomic mass is 32.2. The van der Waals surface area contributed by atoms with Gasteiger partial charge in [-0.1, -0.05) is 25.6 Å². The zero-order valence-electron chi connectivity index (χ0n) is 30.0. The molecule has 0 radical (unpaired) electrons. The van der Waals surface area contributed by atoms with E-state index in [9.17, 15) is 62.7 Å². The zero-order valence-corrected chi connectivity index (χ0v) is 33.5. The van der Waals surface area contributed by atoms with Crippen molar-refractivity contribution in [1.29, 1.82) is 0 Å². The third-order valence-electron chi connectivity index (χ3n) is 6.81. The molecule has 3 rings (SSSR count). The molecule has 1 fully saturated rings. The first-order valence-electron chi connectivity index (χ1n) is 15.7. The molecule has 2 aromatic rings. The maximum atomic E-state index is 12.6. The molecule has 2 amide bonds. The molecule has 1 saturated heterocycles. The van der Waals surface area contributed by atoms with Crippen LogP contribution in [-0.2, 0) is 55.5 Å². The van der Waals surface area contributed by atoms with Gasteiger partial charge in [0.1, 0.15) is 42.0 Å². The highest BCUT2D eigenvalue weighted by Gasteiger charge is 2.50. The molecule has 55 heavy (non-hydrogen) atoms. The Kier molecular flexibility index (Phi) is 18.1. The predicted octanol–water partition coefficient (Wildman–Crippen LogP) is -0.720. The van der Waals surface area contributed by atoms with Crippen LogP contribution in [0.3, 0.4) is 0 Å². The summed E-state index contributed by atoms with van der Waals surface area (Å²) in [5.41, 5.74) is 4.26. The number of hydrogen-bond acceptors (Lipinski definition) is 19. The van der Waals surface area contributed by atoms with Crippen molar-refractivity contribution in [3.8, 4) is 0 Å². The van der Waals surface area contributed by atoms with Crippen LogP contribution in [-0.4, -0.2) is 128 Å². The lowest BCUT2D eigenvalue weighted by Crippen LogP contribution is -2.46. The monoisotopic (exact) mass is 867 g/mol. The van der Waals surface area contributed by atoms with Crippen LogP contribution in [0.25, 0.3) is 11.2 Å². The Bertz CT molecular complexity index is 1810. The van der Waals surface area contributed by atoms with Gasteiger partial charge >= 0.3 is 23.5 Å². The molecule has 25 nitrogen and oxygen atoms in total. The molecular formula is C26H44N7O18P3S. The largest absolute Gasteiger partial charge is 0.481 e. The fourth-order valence-corrected chi connectivity index (χ4v) is 7.65. The molecule has 2 aromatic heterocycles. The molecule has 10 N–H and O–H groups in total. The zero-order chi connectivity index (χ0) is 41.9. The number of anilines is 1. The Morgan fingerprint density at radius 3 is 2.24 bits per heavy atom. The van der Waals surface area contributed by atoms with Gasteiger partial charge in [-0.2, -0.15) is 4.31 Å². The lowest BCUT2D eigenvalue weighted by molar-refractivity contribution is -0.137. The second-order valence-electron chi connectivity index (χ2n) is 12.3. The van der Waals surface area contributed by atoms with Crippen LogP contribution in [0.4, 0.5) is 5.82 Å². The van der Waals surface area contributed by atoms with E-state index < -0.39 is 84.6 Å². The minimum atomic E-state index is -5.56. The summed E-state index contributed by atoms with van der Waals surface area (Å²) in [5, 5.41) is 26.1. The van der Waals surface area contributed by atoms with E-state index in [1.54, 1.807) is 0 Å². The number of nitrogens with zero attached hydrogens (tertiary/aromatic N) is 4. The molecule has 0 spiro atoms. The SMILES string of the molecule is CC(=O)SCCNC(=O)CCNC(=O)C(O)C(C)(C)COP(=O)(O)OP(=O)(O)OC[C@H]1O[C@@H](n2cnc3c(N)ncnc32)[C@H](O)[C@@H]1OP(=O)(O)O.CC(C)=O. The number of phosphoric acid groups is 3. The minimum Gasteiger partial charge on any atom is -0.386 e. The quantitative estimate of drug-likeness (QED) is 0.0621. The molecule has 0 aliphatic carbocycles. The number of Topliss-reactive ketones (excluding diaryl/α,β-unsaturated/α-hetero) is 1. The Hall–Kier alpha value is -2.77. The summed E-state index contributed by atoms with van der Waals surface area (Å²) in [4.78, 5) is 95.4. The van der Waals surface area contributed by atoms with E-state index in [0.29, 0.717) is 5.75 Å². The summed E-state index contributed by atoms with van der Waals surface area (Å²) in [5.74, 6) is -0.918. The van der Waals surface area contributed by atoms with Crippen LogP contribution < -0.4 is 16.4 Å². The smallest absolute Gasteiger partial charge is 0.386 e. The van der Waals surface area contributed by atoms with E-state index in [4.69, 9.17) is 19.5 Å². The summed E-state index contributed by atoms with van der Waals surface area (Å²) in [6, 6.07) is 0. The summed E-state index contributed by atoms with van der Waals surface area (Å²) in [6.07, 6.45) is -6.88. The number of thioether (sulfide) groups is 1. The van der Waals surface area contributed by atoms with E-state index in [-0.39, 0.29) is 47.4 Å². The van der Waals surface area contributed by atoms with Crippen molar-refractivity contribution in [2.45, 2.75) is 71.7 Å². The van der Waals surface area contributed by atoms with Crippen LogP contribution in [0, 0.1) is 5.41 Å². The van der Waals surface area contributed by atoms with Crippen molar-refractivity contribution in [2.24, 2.45) is 5.41 Å². The van der Waals surface area contributed by atoms with Crippen LogP contribution in [0.5, 0.6) is 0 Å². The molecule has 7 atom stereocenters. The van der Waals surface area contributed by atoms with Crippen molar-refractivity contribution >= 4 is 74.9 Å². The van der Waals surface area contributed by atoms with Gasteiger partial charge in [0.05, 0.1) is 19.5 Å². The number of aliphatic hydroxyl groups excluding tert-OH is 2. The average molecular weight is 868 g/mol. The van der Waals surface area contributed by atoms with Gasteiger partial charge < -0.3 is 55.7 Å². The predicted molar refractivity (Wildman–Crippen MR) is 189 cm³/mol. The van der Waals surface area contributed by atoms with Crippen LogP contribution in [0.1, 0.15) is 47.3 Å². The van der Waals surface area contributed by atoms with Crippen LogP contribution in [0.15, 0.2) is 12.7 Å². The number of rotatable bonds is 19. The van der Waals surface area contributed by atoms with Gasteiger partial charge in [0, 0.05) is 37.6 Å². The minimum absolute atomic E-state index is 0.0310. The number of carbonyl (C=O) groups is 4. The summed E-state index contributed by atoms with van der Waals surface area (Å²) in [7, 11) is -16.4. The van der Waals surface area contributed by atoms with Gasteiger partial charge in [0.15, 0.2) is 22.8 Å². The average Bonchev–Trinajstić information content (AvgIpc) is 3.60. The number of aromatic nitrogens is 4. The molecule has 0 bridgehead atoms.